The van der Waals surface area contributed by atoms with Crippen molar-refractivity contribution in [2.24, 2.45) is 0 Å². The second-order valence-corrected chi connectivity index (χ2v) is 4.95. The molecule has 3 rings (SSSR count). The molecule has 106 valence electrons. The smallest absolute Gasteiger partial charge is 0.260 e. The Morgan fingerprint density at radius 3 is 2.45 bits per heavy atom. The van der Waals surface area contributed by atoms with Gasteiger partial charge in [-0.1, -0.05) is 18.2 Å². The first-order valence-electron chi connectivity index (χ1n) is 6.31. The topological polar surface area (TPSA) is 71.7 Å². The highest BCUT2D eigenvalue weighted by Crippen LogP contribution is 2.29. The number of aliphatic hydroxyl groups is 2. The number of pyridine rings is 1. The van der Waals surface area contributed by atoms with Crippen molar-refractivity contribution >= 4 is 10.8 Å². The molecule has 6 heteroatoms. The quantitative estimate of drug-likeness (QED) is 0.809. The summed E-state index contributed by atoms with van der Waals surface area (Å²) in [7, 11) is 0. The molecular weight excluding hydrogens is 265 g/mol. The van der Waals surface area contributed by atoms with Crippen LogP contribution in [0.2, 0.25) is 0 Å². The maximum absolute atomic E-state index is 14.0. The standard InChI is InChI=1S/C14H14FNO4/c1-7-11(17)12(18)14(20-7)16-6-10(15)8-4-2-3-5-9(8)13(16)19/h2-7,11-12,14,17-18H,1H3. The number of hydrogen-bond acceptors (Lipinski definition) is 4. The molecule has 2 aromatic rings. The number of halogens is 1. The molecular formula is C14H14FNO4. The van der Waals surface area contributed by atoms with Gasteiger partial charge >= 0.3 is 0 Å². The molecule has 20 heavy (non-hydrogen) atoms. The first kappa shape index (κ1) is 13.2. The lowest BCUT2D eigenvalue weighted by Crippen LogP contribution is -2.34. The molecule has 0 aliphatic carbocycles. The van der Waals surface area contributed by atoms with E-state index in [4.69, 9.17) is 4.74 Å². The molecule has 2 N–H and O–H groups in total. The highest BCUT2D eigenvalue weighted by Gasteiger charge is 2.41. The van der Waals surface area contributed by atoms with Crippen LogP contribution in [0.1, 0.15) is 13.2 Å². The second kappa shape index (κ2) is 4.66. The molecule has 1 aromatic heterocycles. The van der Waals surface area contributed by atoms with Crippen LogP contribution in [0.15, 0.2) is 35.3 Å². The molecule has 4 unspecified atom stereocenters. The zero-order valence-electron chi connectivity index (χ0n) is 10.7. The summed E-state index contributed by atoms with van der Waals surface area (Å²) in [5.74, 6) is -0.579. The monoisotopic (exact) mass is 279 g/mol. The molecule has 1 aromatic carbocycles. The number of aromatic nitrogens is 1. The van der Waals surface area contributed by atoms with Crippen molar-refractivity contribution in [3.63, 3.8) is 0 Å². The lowest BCUT2D eigenvalue weighted by Gasteiger charge is -2.18. The molecule has 1 aliphatic heterocycles. The van der Waals surface area contributed by atoms with Gasteiger partial charge in [0.05, 0.1) is 11.5 Å². The van der Waals surface area contributed by atoms with Gasteiger partial charge in [0.15, 0.2) is 6.23 Å². The summed E-state index contributed by atoms with van der Waals surface area (Å²) in [4.78, 5) is 12.4. The van der Waals surface area contributed by atoms with Gasteiger partial charge in [-0.2, -0.15) is 0 Å². The summed E-state index contributed by atoms with van der Waals surface area (Å²) in [6.45, 7) is 1.58. The Kier molecular flexibility index (Phi) is 3.08. The predicted octanol–water partition coefficient (Wildman–Crippen LogP) is 0.780. The normalized spacial score (nSPS) is 30.0. The van der Waals surface area contributed by atoms with Crippen molar-refractivity contribution in [2.45, 2.75) is 31.5 Å². The van der Waals surface area contributed by atoms with Crippen molar-refractivity contribution in [1.29, 1.82) is 0 Å². The summed E-state index contributed by atoms with van der Waals surface area (Å²) >= 11 is 0. The van der Waals surface area contributed by atoms with Crippen LogP contribution in [0.25, 0.3) is 10.8 Å². The lowest BCUT2D eigenvalue weighted by molar-refractivity contribution is -0.0344. The minimum atomic E-state index is -1.27. The molecule has 0 spiro atoms. The summed E-state index contributed by atoms with van der Waals surface area (Å²) in [5, 5.41) is 20.0. The van der Waals surface area contributed by atoms with Crippen LogP contribution >= 0.6 is 0 Å². The third-order valence-electron chi connectivity index (χ3n) is 3.65. The molecule has 0 saturated carbocycles. The minimum absolute atomic E-state index is 0.206. The number of aliphatic hydroxyl groups excluding tert-OH is 2. The van der Waals surface area contributed by atoms with E-state index >= 15 is 0 Å². The van der Waals surface area contributed by atoms with Gasteiger partial charge in [0, 0.05) is 11.6 Å². The minimum Gasteiger partial charge on any atom is -0.388 e. The Balaban J connectivity index is 2.18. The largest absolute Gasteiger partial charge is 0.388 e. The van der Waals surface area contributed by atoms with Gasteiger partial charge in [0.25, 0.3) is 5.56 Å². The number of rotatable bonds is 1. The van der Waals surface area contributed by atoms with E-state index in [1.54, 1.807) is 19.1 Å². The van der Waals surface area contributed by atoms with Crippen molar-refractivity contribution in [2.75, 3.05) is 0 Å². The molecule has 5 nitrogen and oxygen atoms in total. The van der Waals surface area contributed by atoms with Crippen LogP contribution in [0.3, 0.4) is 0 Å². The second-order valence-electron chi connectivity index (χ2n) is 4.95. The van der Waals surface area contributed by atoms with E-state index in [0.717, 1.165) is 10.8 Å². The first-order valence-corrected chi connectivity index (χ1v) is 6.31. The zero-order chi connectivity index (χ0) is 14.4. The van der Waals surface area contributed by atoms with E-state index in [1.807, 2.05) is 0 Å². The molecule has 2 heterocycles. The van der Waals surface area contributed by atoms with Gasteiger partial charge in [-0.3, -0.25) is 9.36 Å². The maximum Gasteiger partial charge on any atom is 0.260 e. The number of ether oxygens (including phenoxy) is 1. The van der Waals surface area contributed by atoms with Crippen LogP contribution < -0.4 is 5.56 Å². The Morgan fingerprint density at radius 2 is 1.85 bits per heavy atom. The van der Waals surface area contributed by atoms with Gasteiger partial charge in [-0.25, -0.2) is 4.39 Å². The SMILES string of the molecule is CC1OC(n2cc(F)c3ccccc3c2=O)C(O)C1O. The average Bonchev–Trinajstić information content (AvgIpc) is 2.70. The van der Waals surface area contributed by atoms with Crippen LogP contribution in [0, 0.1) is 5.82 Å². The Bertz CT molecular complexity index is 714. The lowest BCUT2D eigenvalue weighted by atomic mass is 10.1. The summed E-state index contributed by atoms with van der Waals surface area (Å²) in [5.41, 5.74) is -0.465. The van der Waals surface area contributed by atoms with E-state index in [-0.39, 0.29) is 10.8 Å². The van der Waals surface area contributed by atoms with Crippen LogP contribution in [0.5, 0.6) is 0 Å². The number of benzene rings is 1. The van der Waals surface area contributed by atoms with Crippen molar-refractivity contribution in [1.82, 2.24) is 4.57 Å². The summed E-state index contributed by atoms with van der Waals surface area (Å²) in [6, 6.07) is 6.30. The highest BCUT2D eigenvalue weighted by molar-refractivity contribution is 5.81. The van der Waals surface area contributed by atoms with Gasteiger partial charge in [0.2, 0.25) is 0 Å². The van der Waals surface area contributed by atoms with Crippen molar-refractivity contribution < 1.29 is 19.3 Å². The van der Waals surface area contributed by atoms with E-state index in [0.29, 0.717) is 0 Å². The van der Waals surface area contributed by atoms with E-state index in [1.165, 1.54) is 12.1 Å². The molecule has 1 fully saturated rings. The van der Waals surface area contributed by atoms with E-state index in [9.17, 15) is 19.4 Å². The maximum atomic E-state index is 14.0. The third kappa shape index (κ3) is 1.84. The van der Waals surface area contributed by atoms with Gasteiger partial charge in [-0.05, 0) is 13.0 Å². The Labute approximate surface area is 113 Å². The number of fused-ring (bicyclic) bond motifs is 1. The predicted molar refractivity (Wildman–Crippen MR) is 69.8 cm³/mol. The Morgan fingerprint density at radius 1 is 1.20 bits per heavy atom. The van der Waals surface area contributed by atoms with Crippen LogP contribution in [-0.4, -0.2) is 33.1 Å². The van der Waals surface area contributed by atoms with Gasteiger partial charge < -0.3 is 14.9 Å². The molecule has 0 radical (unpaired) electrons. The molecule has 0 amide bonds. The molecule has 0 bridgehead atoms. The third-order valence-corrected chi connectivity index (χ3v) is 3.65. The fraction of sp³-hybridized carbons (Fsp3) is 0.357. The van der Waals surface area contributed by atoms with Crippen molar-refractivity contribution in [3.8, 4) is 0 Å². The van der Waals surface area contributed by atoms with Crippen LogP contribution in [0.4, 0.5) is 4.39 Å². The highest BCUT2D eigenvalue weighted by atomic mass is 19.1. The van der Waals surface area contributed by atoms with Gasteiger partial charge in [0.1, 0.15) is 18.0 Å². The molecule has 1 saturated heterocycles. The average molecular weight is 279 g/mol. The fourth-order valence-electron chi connectivity index (χ4n) is 2.51. The molecule has 1 aliphatic rings. The Hall–Kier alpha value is -1.76. The van der Waals surface area contributed by atoms with Crippen LogP contribution in [-0.2, 0) is 4.74 Å². The summed E-state index contributed by atoms with van der Waals surface area (Å²) < 4.78 is 20.4. The van der Waals surface area contributed by atoms with E-state index < -0.39 is 35.9 Å². The first-order chi connectivity index (χ1) is 9.50. The number of hydrogen-bond donors (Lipinski definition) is 2. The van der Waals surface area contributed by atoms with Gasteiger partial charge in [-0.15, -0.1) is 0 Å². The van der Waals surface area contributed by atoms with E-state index in [2.05, 4.69) is 0 Å². The van der Waals surface area contributed by atoms with Crippen molar-refractivity contribution in [3.05, 3.63) is 46.6 Å². The molecule has 4 atom stereocenters. The number of nitrogens with zero attached hydrogens (tertiary/aromatic N) is 1. The summed E-state index contributed by atoms with van der Waals surface area (Å²) in [6.07, 6.45) is -3.10. The fourth-order valence-corrected chi connectivity index (χ4v) is 2.51. The zero-order valence-corrected chi connectivity index (χ0v) is 10.7.